The fourth-order valence-corrected chi connectivity index (χ4v) is 3.53. The second kappa shape index (κ2) is 11.2. The lowest BCUT2D eigenvalue weighted by Gasteiger charge is -2.36. The molecule has 7 heteroatoms. The molecule has 1 fully saturated rings. The molecule has 2 aromatic rings. The van der Waals surface area contributed by atoms with Gasteiger partial charge >= 0.3 is 6.09 Å². The van der Waals surface area contributed by atoms with Gasteiger partial charge in [0.25, 0.3) is 0 Å². The Hall–Kier alpha value is -3.35. The van der Waals surface area contributed by atoms with E-state index in [0.717, 1.165) is 29.9 Å². The number of ketones is 1. The molecule has 31 heavy (non-hydrogen) atoms. The number of hydrogen-bond acceptors (Lipinski definition) is 5. The minimum Gasteiger partial charge on any atom is -0.445 e. The maximum Gasteiger partial charge on any atom is 0.407 e. The minimum absolute atomic E-state index is 0.0276. The molecular formula is C24H29N3O4. The molecule has 0 aromatic heterocycles. The average molecular weight is 424 g/mol. The van der Waals surface area contributed by atoms with Gasteiger partial charge in [-0.1, -0.05) is 42.5 Å². The van der Waals surface area contributed by atoms with E-state index in [0.29, 0.717) is 19.5 Å². The summed E-state index contributed by atoms with van der Waals surface area (Å²) in [5.41, 5.74) is 3.03. The Balaban J connectivity index is 1.34. The van der Waals surface area contributed by atoms with Crippen molar-refractivity contribution in [2.75, 3.05) is 37.6 Å². The van der Waals surface area contributed by atoms with Gasteiger partial charge in [-0.2, -0.15) is 0 Å². The predicted octanol–water partition coefficient (Wildman–Crippen LogP) is 2.78. The quantitative estimate of drug-likeness (QED) is 0.706. The van der Waals surface area contributed by atoms with Crippen LogP contribution in [-0.4, -0.2) is 55.4 Å². The number of anilines is 1. The van der Waals surface area contributed by atoms with Crippen molar-refractivity contribution >= 4 is 23.5 Å². The summed E-state index contributed by atoms with van der Waals surface area (Å²) in [5.74, 6) is 0.179. The normalized spacial score (nSPS) is 13.6. The molecule has 0 atom stereocenters. The molecule has 0 radical (unpaired) electrons. The minimum atomic E-state index is -0.519. The molecule has 0 aliphatic carbocycles. The van der Waals surface area contributed by atoms with Crippen LogP contribution in [0.15, 0.2) is 54.6 Å². The lowest BCUT2D eigenvalue weighted by molar-refractivity contribution is -0.131. The van der Waals surface area contributed by atoms with Gasteiger partial charge in [0.05, 0.1) is 0 Å². The Morgan fingerprint density at radius 1 is 0.903 bits per heavy atom. The fourth-order valence-electron chi connectivity index (χ4n) is 3.53. The zero-order valence-electron chi connectivity index (χ0n) is 17.9. The van der Waals surface area contributed by atoms with Gasteiger partial charge in [-0.25, -0.2) is 4.79 Å². The third-order valence-electron chi connectivity index (χ3n) is 5.21. The SMILES string of the molecule is CC(=O)Cc1ccc(N2CCN(C(=O)CCNC(=O)OCc3ccccc3)CC2)cc1. The smallest absolute Gasteiger partial charge is 0.407 e. The molecule has 0 bridgehead atoms. The first-order valence-electron chi connectivity index (χ1n) is 10.6. The van der Waals surface area contributed by atoms with Crippen molar-refractivity contribution in [2.24, 2.45) is 0 Å². The zero-order chi connectivity index (χ0) is 22.1. The highest BCUT2D eigenvalue weighted by Gasteiger charge is 2.21. The van der Waals surface area contributed by atoms with Crippen LogP contribution < -0.4 is 10.2 Å². The molecule has 7 nitrogen and oxygen atoms in total. The van der Waals surface area contributed by atoms with Crippen LogP contribution >= 0.6 is 0 Å². The Labute approximate surface area is 183 Å². The number of hydrogen-bond donors (Lipinski definition) is 1. The van der Waals surface area contributed by atoms with E-state index in [-0.39, 0.29) is 31.3 Å². The molecule has 164 valence electrons. The first kappa shape index (κ1) is 22.3. The summed E-state index contributed by atoms with van der Waals surface area (Å²) in [6.07, 6.45) is 0.186. The summed E-state index contributed by atoms with van der Waals surface area (Å²) in [5, 5.41) is 2.63. The lowest BCUT2D eigenvalue weighted by Crippen LogP contribution is -2.49. The van der Waals surface area contributed by atoms with Gasteiger partial charge in [-0.15, -0.1) is 0 Å². The molecule has 0 saturated carbocycles. The van der Waals surface area contributed by atoms with Gasteiger partial charge < -0.3 is 19.9 Å². The number of Topliss-reactive ketones (excluding diaryl/α,β-unsaturated/α-hetero) is 1. The van der Waals surface area contributed by atoms with E-state index < -0.39 is 6.09 Å². The van der Waals surface area contributed by atoms with Crippen molar-refractivity contribution in [1.29, 1.82) is 0 Å². The first-order valence-corrected chi connectivity index (χ1v) is 10.6. The molecule has 1 saturated heterocycles. The highest BCUT2D eigenvalue weighted by molar-refractivity contribution is 5.78. The third-order valence-corrected chi connectivity index (χ3v) is 5.21. The van der Waals surface area contributed by atoms with Crippen LogP contribution in [0.3, 0.4) is 0 Å². The summed E-state index contributed by atoms with van der Waals surface area (Å²) >= 11 is 0. The Bertz CT molecular complexity index is 875. The highest BCUT2D eigenvalue weighted by atomic mass is 16.5. The monoisotopic (exact) mass is 423 g/mol. The molecule has 1 heterocycles. The maximum atomic E-state index is 12.4. The second-order valence-electron chi connectivity index (χ2n) is 7.65. The van der Waals surface area contributed by atoms with Gasteiger partial charge in [0.2, 0.25) is 5.91 Å². The van der Waals surface area contributed by atoms with Crippen LogP contribution in [0.5, 0.6) is 0 Å². The van der Waals surface area contributed by atoms with Crippen LogP contribution in [0.2, 0.25) is 0 Å². The summed E-state index contributed by atoms with van der Waals surface area (Å²) < 4.78 is 5.15. The van der Waals surface area contributed by atoms with Crippen LogP contribution in [0.1, 0.15) is 24.5 Å². The first-order chi connectivity index (χ1) is 15.0. The summed E-state index contributed by atoms with van der Waals surface area (Å²) in [4.78, 5) is 39.5. The number of amides is 2. The van der Waals surface area contributed by atoms with Crippen LogP contribution in [-0.2, 0) is 27.4 Å². The van der Waals surface area contributed by atoms with E-state index in [4.69, 9.17) is 4.74 Å². The van der Waals surface area contributed by atoms with Crippen molar-refractivity contribution in [3.63, 3.8) is 0 Å². The number of ether oxygens (including phenoxy) is 1. The Kier molecular flexibility index (Phi) is 8.04. The van der Waals surface area contributed by atoms with Crippen molar-refractivity contribution in [1.82, 2.24) is 10.2 Å². The molecule has 1 aliphatic heterocycles. The molecule has 1 aliphatic rings. The van der Waals surface area contributed by atoms with Crippen LogP contribution in [0.25, 0.3) is 0 Å². The second-order valence-corrected chi connectivity index (χ2v) is 7.65. The van der Waals surface area contributed by atoms with Crippen LogP contribution in [0, 0.1) is 0 Å². The van der Waals surface area contributed by atoms with Gasteiger partial charge in [0, 0.05) is 51.3 Å². The number of carbonyl (C=O) groups is 3. The molecule has 0 spiro atoms. The largest absolute Gasteiger partial charge is 0.445 e. The molecule has 3 rings (SSSR count). The summed E-state index contributed by atoms with van der Waals surface area (Å²) in [6, 6.07) is 17.5. The fraction of sp³-hybridized carbons (Fsp3) is 0.375. The van der Waals surface area contributed by atoms with E-state index in [9.17, 15) is 14.4 Å². The van der Waals surface area contributed by atoms with Crippen molar-refractivity contribution in [3.05, 3.63) is 65.7 Å². The predicted molar refractivity (Wildman–Crippen MR) is 119 cm³/mol. The van der Waals surface area contributed by atoms with Gasteiger partial charge in [0.1, 0.15) is 12.4 Å². The standard InChI is InChI=1S/C24H29N3O4/c1-19(28)17-20-7-9-22(10-8-20)26-13-15-27(16-14-26)23(29)11-12-25-24(30)31-18-21-5-3-2-4-6-21/h2-10H,11-18H2,1H3,(H,25,30). The molecule has 1 N–H and O–H groups in total. The maximum absolute atomic E-state index is 12.4. The van der Waals surface area contributed by atoms with E-state index in [2.05, 4.69) is 10.2 Å². The van der Waals surface area contributed by atoms with Crippen molar-refractivity contribution < 1.29 is 19.1 Å². The third kappa shape index (κ3) is 7.13. The van der Waals surface area contributed by atoms with Gasteiger partial charge in [-0.05, 0) is 30.2 Å². The zero-order valence-corrected chi connectivity index (χ0v) is 17.9. The number of piperazine rings is 1. The van der Waals surface area contributed by atoms with Crippen LogP contribution in [0.4, 0.5) is 10.5 Å². The van der Waals surface area contributed by atoms with E-state index in [1.165, 1.54) is 0 Å². The average Bonchev–Trinajstić information content (AvgIpc) is 2.78. The lowest BCUT2D eigenvalue weighted by atomic mass is 10.1. The Morgan fingerprint density at radius 2 is 1.58 bits per heavy atom. The van der Waals surface area contributed by atoms with E-state index >= 15 is 0 Å². The van der Waals surface area contributed by atoms with Gasteiger partial charge in [0.15, 0.2) is 0 Å². The number of carbonyl (C=O) groups excluding carboxylic acids is 3. The summed E-state index contributed by atoms with van der Waals surface area (Å²) in [7, 11) is 0. The van der Waals surface area contributed by atoms with Crippen molar-refractivity contribution in [3.8, 4) is 0 Å². The topological polar surface area (TPSA) is 79.0 Å². The molecular weight excluding hydrogens is 394 g/mol. The number of benzene rings is 2. The Morgan fingerprint density at radius 3 is 2.23 bits per heavy atom. The molecule has 0 unspecified atom stereocenters. The highest BCUT2D eigenvalue weighted by Crippen LogP contribution is 2.18. The molecule has 2 aromatic carbocycles. The van der Waals surface area contributed by atoms with Gasteiger partial charge in [-0.3, -0.25) is 9.59 Å². The van der Waals surface area contributed by atoms with E-state index in [1.807, 2.05) is 59.5 Å². The summed E-state index contributed by atoms with van der Waals surface area (Å²) in [6.45, 7) is 4.85. The number of nitrogens with zero attached hydrogens (tertiary/aromatic N) is 2. The number of alkyl carbamates (subject to hydrolysis) is 1. The number of rotatable bonds is 8. The number of nitrogens with one attached hydrogen (secondary N) is 1. The van der Waals surface area contributed by atoms with E-state index in [1.54, 1.807) is 6.92 Å². The molecule has 2 amide bonds. The van der Waals surface area contributed by atoms with Crippen molar-refractivity contribution in [2.45, 2.75) is 26.4 Å².